The van der Waals surface area contributed by atoms with Gasteiger partial charge in [0.2, 0.25) is 0 Å². The maximum Gasteiger partial charge on any atom is 0.148 e. The second-order valence-corrected chi connectivity index (χ2v) is 3.93. The number of nitrogens with zero attached hydrogens (tertiary/aromatic N) is 1. The van der Waals surface area contributed by atoms with Crippen LogP contribution in [0.3, 0.4) is 0 Å². The average molecular weight is 292 g/mol. The van der Waals surface area contributed by atoms with Gasteiger partial charge in [0.25, 0.3) is 0 Å². The van der Waals surface area contributed by atoms with Crippen LogP contribution in [0.5, 0.6) is 0 Å². The van der Waals surface area contributed by atoms with Crippen LogP contribution in [-0.2, 0) is 0 Å². The van der Waals surface area contributed by atoms with Crippen molar-refractivity contribution in [3.63, 3.8) is 0 Å². The molecule has 0 spiro atoms. The van der Waals surface area contributed by atoms with E-state index >= 15 is 0 Å². The fourth-order valence-corrected chi connectivity index (χ4v) is 1.31. The summed E-state index contributed by atoms with van der Waals surface area (Å²) in [5, 5.41) is 12.5. The lowest BCUT2D eigenvalue weighted by Gasteiger charge is -2.11. The fraction of sp³-hybridized carbons (Fsp3) is 0.444. The molecule has 4 heteroatoms. The van der Waals surface area contributed by atoms with Crippen LogP contribution < -0.4 is 5.32 Å². The Hall–Kier alpha value is -0.200. The quantitative estimate of drug-likeness (QED) is 0.657. The number of nitrogens with one attached hydrogen (secondary N) is 1. The van der Waals surface area contributed by atoms with Crippen molar-refractivity contribution in [2.45, 2.75) is 20.1 Å². The summed E-state index contributed by atoms with van der Waals surface area (Å²) in [6, 6.07) is 3.79. The maximum absolute atomic E-state index is 9.56. The van der Waals surface area contributed by atoms with Crippen LogP contribution in [0.25, 0.3) is 0 Å². The maximum atomic E-state index is 9.56. The molecule has 1 rings (SSSR count). The van der Waals surface area contributed by atoms with Gasteiger partial charge >= 0.3 is 0 Å². The summed E-state index contributed by atoms with van der Waals surface area (Å²) in [5.74, 6) is 0. The van der Waals surface area contributed by atoms with Gasteiger partial charge in [-0.15, -0.1) is 0 Å². The van der Waals surface area contributed by atoms with Crippen molar-refractivity contribution < 1.29 is 5.11 Å². The Morgan fingerprint density at radius 1 is 1.62 bits per heavy atom. The van der Waals surface area contributed by atoms with Gasteiger partial charge in [-0.1, -0.05) is 6.92 Å². The number of aryl methyl sites for hydroxylation is 1. The number of pyridine rings is 1. The van der Waals surface area contributed by atoms with Crippen molar-refractivity contribution in [3.8, 4) is 0 Å². The predicted molar refractivity (Wildman–Crippen MR) is 60.3 cm³/mol. The Morgan fingerprint density at radius 2 is 2.31 bits per heavy atom. The van der Waals surface area contributed by atoms with Gasteiger partial charge in [0.05, 0.1) is 11.4 Å². The standard InChI is InChI=1S/C9H13IN2O/c1-3-11-9(13)8-5-4-7(10)6(2)12-8/h4-5,9,11,13H,3H2,1-2H3. The first kappa shape index (κ1) is 10.9. The molecule has 1 atom stereocenters. The molecule has 0 aliphatic carbocycles. The van der Waals surface area contributed by atoms with Gasteiger partial charge in [0.1, 0.15) is 6.23 Å². The molecular weight excluding hydrogens is 279 g/mol. The Bertz CT molecular complexity index is 291. The SMILES string of the molecule is CCNC(O)c1ccc(I)c(C)n1. The molecule has 1 heterocycles. The molecule has 0 radical (unpaired) electrons. The van der Waals surface area contributed by atoms with Gasteiger partial charge in [-0.2, -0.15) is 0 Å². The summed E-state index contributed by atoms with van der Waals surface area (Å²) in [7, 11) is 0. The Labute approximate surface area is 91.7 Å². The first-order valence-electron chi connectivity index (χ1n) is 4.19. The molecule has 0 amide bonds. The van der Waals surface area contributed by atoms with Crippen molar-refractivity contribution in [3.05, 3.63) is 27.1 Å². The molecule has 0 aromatic carbocycles. The smallest absolute Gasteiger partial charge is 0.148 e. The van der Waals surface area contributed by atoms with Gasteiger partial charge in [-0.25, -0.2) is 0 Å². The molecular formula is C9H13IN2O. The van der Waals surface area contributed by atoms with E-state index in [-0.39, 0.29) is 0 Å². The molecule has 13 heavy (non-hydrogen) atoms. The van der Waals surface area contributed by atoms with E-state index in [1.165, 1.54) is 0 Å². The molecule has 0 aliphatic heterocycles. The molecule has 3 nitrogen and oxygen atoms in total. The van der Waals surface area contributed by atoms with Crippen LogP contribution in [0.2, 0.25) is 0 Å². The minimum Gasteiger partial charge on any atom is -0.373 e. The number of hydrogen-bond acceptors (Lipinski definition) is 3. The molecule has 1 aromatic heterocycles. The average Bonchev–Trinajstić information content (AvgIpc) is 2.10. The van der Waals surface area contributed by atoms with Crippen LogP contribution in [0.4, 0.5) is 0 Å². The molecule has 0 fully saturated rings. The van der Waals surface area contributed by atoms with Crippen molar-refractivity contribution in [1.82, 2.24) is 10.3 Å². The lowest BCUT2D eigenvalue weighted by atomic mass is 10.3. The van der Waals surface area contributed by atoms with E-state index in [0.29, 0.717) is 5.69 Å². The van der Waals surface area contributed by atoms with Gasteiger partial charge < -0.3 is 5.11 Å². The van der Waals surface area contributed by atoms with Crippen molar-refractivity contribution in [1.29, 1.82) is 0 Å². The van der Waals surface area contributed by atoms with E-state index in [0.717, 1.165) is 15.8 Å². The second-order valence-electron chi connectivity index (χ2n) is 2.76. The molecule has 1 unspecified atom stereocenters. The van der Waals surface area contributed by atoms with Crippen LogP contribution in [-0.4, -0.2) is 16.6 Å². The minimum atomic E-state index is -0.652. The summed E-state index contributed by atoms with van der Waals surface area (Å²) in [5.41, 5.74) is 1.63. The molecule has 0 aliphatic rings. The Balaban J connectivity index is 2.84. The summed E-state index contributed by atoms with van der Waals surface area (Å²) < 4.78 is 1.12. The molecule has 72 valence electrons. The number of halogens is 1. The number of hydrogen-bond donors (Lipinski definition) is 2. The monoisotopic (exact) mass is 292 g/mol. The van der Waals surface area contributed by atoms with E-state index in [4.69, 9.17) is 0 Å². The zero-order chi connectivity index (χ0) is 9.84. The van der Waals surface area contributed by atoms with E-state index in [9.17, 15) is 5.11 Å². The number of rotatable bonds is 3. The first-order valence-corrected chi connectivity index (χ1v) is 5.27. The third kappa shape index (κ3) is 2.89. The highest BCUT2D eigenvalue weighted by Gasteiger charge is 2.07. The lowest BCUT2D eigenvalue weighted by Crippen LogP contribution is -2.21. The van der Waals surface area contributed by atoms with E-state index in [2.05, 4.69) is 32.9 Å². The Kier molecular flexibility index (Phi) is 4.08. The van der Waals surface area contributed by atoms with Crippen molar-refractivity contribution >= 4 is 22.6 Å². The van der Waals surface area contributed by atoms with Crippen LogP contribution in [0.15, 0.2) is 12.1 Å². The molecule has 0 saturated heterocycles. The highest BCUT2D eigenvalue weighted by molar-refractivity contribution is 14.1. The zero-order valence-corrected chi connectivity index (χ0v) is 9.87. The topological polar surface area (TPSA) is 45.1 Å². The second kappa shape index (κ2) is 4.88. The number of aliphatic hydroxyl groups is 1. The molecule has 2 N–H and O–H groups in total. The van der Waals surface area contributed by atoms with Gasteiger partial charge in [0.15, 0.2) is 0 Å². The van der Waals surface area contributed by atoms with Crippen molar-refractivity contribution in [2.75, 3.05) is 6.54 Å². The van der Waals surface area contributed by atoms with E-state index in [1.807, 2.05) is 26.0 Å². The Morgan fingerprint density at radius 3 is 2.85 bits per heavy atom. The zero-order valence-electron chi connectivity index (χ0n) is 7.71. The van der Waals surface area contributed by atoms with Crippen LogP contribution in [0, 0.1) is 10.5 Å². The minimum absolute atomic E-state index is 0.652. The normalized spacial score (nSPS) is 12.9. The third-order valence-corrected chi connectivity index (χ3v) is 2.86. The molecule has 0 saturated carbocycles. The first-order chi connectivity index (χ1) is 6.15. The summed E-state index contributed by atoms with van der Waals surface area (Å²) in [6.45, 7) is 4.61. The van der Waals surface area contributed by atoms with E-state index < -0.39 is 6.23 Å². The summed E-state index contributed by atoms with van der Waals surface area (Å²) in [6.07, 6.45) is -0.652. The van der Waals surface area contributed by atoms with Gasteiger partial charge in [0, 0.05) is 3.57 Å². The summed E-state index contributed by atoms with van der Waals surface area (Å²) in [4.78, 5) is 4.27. The third-order valence-electron chi connectivity index (χ3n) is 1.72. The van der Waals surface area contributed by atoms with E-state index in [1.54, 1.807) is 0 Å². The lowest BCUT2D eigenvalue weighted by molar-refractivity contribution is 0.137. The highest BCUT2D eigenvalue weighted by Crippen LogP contribution is 2.13. The van der Waals surface area contributed by atoms with Crippen molar-refractivity contribution in [2.24, 2.45) is 0 Å². The fourth-order valence-electron chi connectivity index (χ4n) is 1.01. The van der Waals surface area contributed by atoms with Crippen LogP contribution in [0.1, 0.15) is 24.5 Å². The largest absolute Gasteiger partial charge is 0.373 e. The predicted octanol–water partition coefficient (Wildman–Crippen LogP) is 1.60. The highest BCUT2D eigenvalue weighted by atomic mass is 127. The summed E-state index contributed by atoms with van der Waals surface area (Å²) >= 11 is 2.22. The number of aromatic nitrogens is 1. The van der Waals surface area contributed by atoms with Gasteiger partial charge in [-0.05, 0) is 48.2 Å². The molecule has 1 aromatic rings. The molecule has 0 bridgehead atoms. The number of aliphatic hydroxyl groups excluding tert-OH is 1. The van der Waals surface area contributed by atoms with Crippen LogP contribution >= 0.6 is 22.6 Å². The van der Waals surface area contributed by atoms with Gasteiger partial charge in [-0.3, -0.25) is 10.3 Å².